The largest absolute Gasteiger partial charge is 0.406 e. The van der Waals surface area contributed by atoms with Crippen molar-refractivity contribution < 1.29 is 13.2 Å². The van der Waals surface area contributed by atoms with Gasteiger partial charge >= 0.3 is 6.18 Å². The zero-order valence-electron chi connectivity index (χ0n) is 18.3. The third-order valence-electron chi connectivity index (χ3n) is 5.12. The SMILES string of the molecule is CCCc1ccc2c(c1)cc(C#CCNc1ccc(C(C)(C)C#N)nc1)n2CC(F)(F)F. The van der Waals surface area contributed by atoms with E-state index in [4.69, 9.17) is 0 Å². The molecule has 4 nitrogen and oxygen atoms in total. The van der Waals surface area contributed by atoms with Crippen molar-refractivity contribution in [3.63, 3.8) is 0 Å². The van der Waals surface area contributed by atoms with Gasteiger partial charge in [-0.05, 0) is 62.1 Å². The Bertz CT molecular complexity index is 1190. The third kappa shape index (κ3) is 5.62. The van der Waals surface area contributed by atoms with Crippen molar-refractivity contribution in [3.05, 3.63) is 59.5 Å². The average molecular weight is 438 g/mol. The number of nitrogens with zero attached hydrogens (tertiary/aromatic N) is 3. The van der Waals surface area contributed by atoms with Crippen LogP contribution in [0.4, 0.5) is 18.9 Å². The number of nitriles is 1. The molecule has 32 heavy (non-hydrogen) atoms. The van der Waals surface area contributed by atoms with Gasteiger partial charge in [0, 0.05) is 10.9 Å². The predicted octanol–water partition coefficient (Wildman–Crippen LogP) is 5.82. The zero-order chi connectivity index (χ0) is 23.4. The zero-order valence-corrected chi connectivity index (χ0v) is 18.3. The predicted molar refractivity (Wildman–Crippen MR) is 120 cm³/mol. The molecule has 0 bridgehead atoms. The maximum atomic E-state index is 13.2. The minimum atomic E-state index is -4.34. The lowest BCUT2D eigenvalue weighted by Gasteiger charge is -2.14. The van der Waals surface area contributed by atoms with E-state index in [-0.39, 0.29) is 6.54 Å². The van der Waals surface area contributed by atoms with Crippen LogP contribution in [0.15, 0.2) is 42.6 Å². The number of aromatic nitrogens is 2. The summed E-state index contributed by atoms with van der Waals surface area (Å²) >= 11 is 0. The van der Waals surface area contributed by atoms with Crippen LogP contribution in [-0.2, 0) is 18.4 Å². The molecule has 0 saturated carbocycles. The number of hydrogen-bond donors (Lipinski definition) is 1. The molecular formula is C25H25F3N4. The fraction of sp³-hybridized carbons (Fsp3) is 0.360. The van der Waals surface area contributed by atoms with Gasteiger partial charge in [0.25, 0.3) is 0 Å². The first kappa shape index (κ1) is 23.2. The molecule has 0 aliphatic carbocycles. The van der Waals surface area contributed by atoms with Crippen LogP contribution in [0, 0.1) is 23.2 Å². The summed E-state index contributed by atoms with van der Waals surface area (Å²) in [6.07, 6.45) is -0.875. The summed E-state index contributed by atoms with van der Waals surface area (Å²) in [7, 11) is 0. The molecule has 0 unspecified atom stereocenters. The number of pyridine rings is 1. The molecule has 166 valence electrons. The van der Waals surface area contributed by atoms with Crippen LogP contribution in [0.2, 0.25) is 0 Å². The van der Waals surface area contributed by atoms with Crippen LogP contribution < -0.4 is 5.32 Å². The smallest absolute Gasteiger partial charge is 0.373 e. The van der Waals surface area contributed by atoms with Crippen molar-refractivity contribution in [2.45, 2.75) is 51.7 Å². The van der Waals surface area contributed by atoms with Crippen molar-refractivity contribution in [1.82, 2.24) is 9.55 Å². The van der Waals surface area contributed by atoms with E-state index in [0.717, 1.165) is 29.5 Å². The number of benzene rings is 1. The molecule has 0 saturated heterocycles. The van der Waals surface area contributed by atoms with E-state index < -0.39 is 18.1 Å². The van der Waals surface area contributed by atoms with Gasteiger partial charge in [0.2, 0.25) is 0 Å². The van der Waals surface area contributed by atoms with Crippen LogP contribution in [0.25, 0.3) is 10.9 Å². The summed E-state index contributed by atoms with van der Waals surface area (Å²) in [5, 5.41) is 13.0. The molecule has 0 fully saturated rings. The van der Waals surface area contributed by atoms with E-state index in [9.17, 15) is 18.4 Å². The fourth-order valence-electron chi connectivity index (χ4n) is 3.42. The standard InChI is InChI=1S/C25H25F3N4/c1-4-6-18-8-10-22-19(13-18)14-21(32(22)17-25(26,27)28)7-5-12-30-20-9-11-23(31-15-20)24(2,3)16-29/h8-11,13-15,30H,4,6,12,17H2,1-3H3. The molecule has 2 aromatic heterocycles. The molecule has 0 radical (unpaired) electrons. The van der Waals surface area contributed by atoms with Crippen LogP contribution in [-0.4, -0.2) is 22.3 Å². The number of halogens is 3. The molecule has 3 aromatic rings. The number of rotatable bonds is 6. The summed E-state index contributed by atoms with van der Waals surface area (Å²) in [6, 6.07) is 13.0. The lowest BCUT2D eigenvalue weighted by Crippen LogP contribution is -2.18. The van der Waals surface area contributed by atoms with E-state index in [1.54, 1.807) is 44.3 Å². The number of aryl methyl sites for hydroxylation is 1. The van der Waals surface area contributed by atoms with Gasteiger partial charge in [0.15, 0.2) is 0 Å². The molecule has 0 aliphatic heterocycles. The molecule has 0 amide bonds. The molecule has 7 heteroatoms. The summed E-state index contributed by atoms with van der Waals surface area (Å²) < 4.78 is 40.7. The van der Waals surface area contributed by atoms with E-state index in [1.807, 2.05) is 12.1 Å². The topological polar surface area (TPSA) is 53.6 Å². The Labute approximate surface area is 186 Å². The van der Waals surface area contributed by atoms with Crippen molar-refractivity contribution in [2.24, 2.45) is 0 Å². The van der Waals surface area contributed by atoms with Crippen LogP contribution >= 0.6 is 0 Å². The summed E-state index contributed by atoms with van der Waals surface area (Å²) in [5.41, 5.74) is 2.66. The maximum Gasteiger partial charge on any atom is 0.406 e. The number of anilines is 1. The van der Waals surface area contributed by atoms with Gasteiger partial charge in [-0.15, -0.1) is 0 Å². The van der Waals surface area contributed by atoms with E-state index in [2.05, 4.69) is 35.1 Å². The first-order valence-electron chi connectivity index (χ1n) is 10.4. The van der Waals surface area contributed by atoms with E-state index >= 15 is 0 Å². The number of alkyl halides is 3. The monoisotopic (exact) mass is 438 g/mol. The average Bonchev–Trinajstić information content (AvgIpc) is 3.07. The normalized spacial score (nSPS) is 11.7. The Kier molecular flexibility index (Phi) is 6.79. The second-order valence-corrected chi connectivity index (χ2v) is 8.20. The van der Waals surface area contributed by atoms with Crippen LogP contribution in [0.1, 0.15) is 44.1 Å². The highest BCUT2D eigenvalue weighted by molar-refractivity contribution is 5.83. The van der Waals surface area contributed by atoms with Gasteiger partial charge in [-0.25, -0.2) is 0 Å². The molecular weight excluding hydrogens is 413 g/mol. The molecule has 1 N–H and O–H groups in total. The molecule has 1 aromatic carbocycles. The van der Waals surface area contributed by atoms with Gasteiger partial charge in [0.05, 0.1) is 41.3 Å². The first-order valence-corrected chi connectivity index (χ1v) is 10.4. The van der Waals surface area contributed by atoms with Gasteiger partial charge in [-0.2, -0.15) is 18.4 Å². The quantitative estimate of drug-likeness (QED) is 0.494. The summed E-state index contributed by atoms with van der Waals surface area (Å²) in [5.74, 6) is 5.78. The highest BCUT2D eigenvalue weighted by Gasteiger charge is 2.29. The van der Waals surface area contributed by atoms with Crippen LogP contribution in [0.3, 0.4) is 0 Å². The fourth-order valence-corrected chi connectivity index (χ4v) is 3.42. The van der Waals surface area contributed by atoms with Gasteiger partial charge < -0.3 is 9.88 Å². The van der Waals surface area contributed by atoms with Gasteiger partial charge in [-0.1, -0.05) is 25.3 Å². The number of hydrogen-bond acceptors (Lipinski definition) is 3. The Balaban J connectivity index is 1.79. The highest BCUT2D eigenvalue weighted by Crippen LogP contribution is 2.26. The maximum absolute atomic E-state index is 13.2. The summed E-state index contributed by atoms with van der Waals surface area (Å²) in [6.45, 7) is 4.81. The Morgan fingerprint density at radius 2 is 1.91 bits per heavy atom. The van der Waals surface area contributed by atoms with Crippen molar-refractivity contribution in [1.29, 1.82) is 5.26 Å². The second kappa shape index (κ2) is 9.36. The Morgan fingerprint density at radius 1 is 1.12 bits per heavy atom. The van der Waals surface area contributed by atoms with Crippen molar-refractivity contribution >= 4 is 16.6 Å². The van der Waals surface area contributed by atoms with Gasteiger partial charge in [-0.3, -0.25) is 4.98 Å². The minimum Gasteiger partial charge on any atom is -0.373 e. The van der Waals surface area contributed by atoms with Crippen molar-refractivity contribution in [2.75, 3.05) is 11.9 Å². The third-order valence-corrected chi connectivity index (χ3v) is 5.12. The minimum absolute atomic E-state index is 0.247. The number of fused-ring (bicyclic) bond motifs is 1. The number of nitrogens with one attached hydrogen (secondary N) is 1. The Morgan fingerprint density at radius 3 is 2.53 bits per heavy atom. The molecule has 2 heterocycles. The van der Waals surface area contributed by atoms with Gasteiger partial charge in [0.1, 0.15) is 6.54 Å². The van der Waals surface area contributed by atoms with Crippen molar-refractivity contribution in [3.8, 4) is 17.9 Å². The first-order chi connectivity index (χ1) is 15.1. The molecule has 0 aliphatic rings. The Hall–Kier alpha value is -3.45. The van der Waals surface area contributed by atoms with Crippen LogP contribution in [0.5, 0.6) is 0 Å². The molecule has 0 spiro atoms. The molecule has 3 rings (SSSR count). The van der Waals surface area contributed by atoms with E-state index in [0.29, 0.717) is 16.9 Å². The van der Waals surface area contributed by atoms with E-state index in [1.165, 1.54) is 4.57 Å². The lowest BCUT2D eigenvalue weighted by molar-refractivity contribution is -0.140. The highest BCUT2D eigenvalue weighted by atomic mass is 19.4. The molecule has 0 atom stereocenters. The lowest BCUT2D eigenvalue weighted by atomic mass is 9.91. The summed E-state index contributed by atoms with van der Waals surface area (Å²) in [4.78, 5) is 4.30. The second-order valence-electron chi connectivity index (χ2n) is 8.20.